The van der Waals surface area contributed by atoms with Crippen molar-refractivity contribution in [3.8, 4) is 0 Å². The lowest BCUT2D eigenvalue weighted by Crippen LogP contribution is -2.18. The summed E-state index contributed by atoms with van der Waals surface area (Å²) in [6.45, 7) is 0. The quantitative estimate of drug-likeness (QED) is 0.631. The molecule has 9 heavy (non-hydrogen) atoms. The first-order valence-corrected chi connectivity index (χ1v) is 4.69. The smallest absolute Gasteiger partial charge is 0.0540 e. The second-order valence-electron chi connectivity index (χ2n) is 2.83. The summed E-state index contributed by atoms with van der Waals surface area (Å²) in [5.74, 6) is 0.827. The Labute approximate surface area is 64.6 Å². The van der Waals surface area contributed by atoms with E-state index in [1.54, 1.807) is 0 Å². The Morgan fingerprint density at radius 2 is 1.78 bits per heavy atom. The molecule has 1 aliphatic carbocycles. The third-order valence-corrected chi connectivity index (χ3v) is 2.95. The molecule has 1 rings (SSSR count). The van der Waals surface area contributed by atoms with Gasteiger partial charge in [0.05, 0.1) is 6.10 Å². The second-order valence-corrected chi connectivity index (χ2v) is 3.48. The van der Waals surface area contributed by atoms with Crippen LogP contribution in [0.5, 0.6) is 0 Å². The van der Waals surface area contributed by atoms with Crippen molar-refractivity contribution in [3.63, 3.8) is 0 Å². The summed E-state index contributed by atoms with van der Waals surface area (Å²) in [5, 5.41) is 10.2. The van der Waals surface area contributed by atoms with E-state index in [-0.39, 0.29) is 6.10 Å². The average molecular weight is 193 g/mol. The van der Waals surface area contributed by atoms with Gasteiger partial charge in [-0.1, -0.05) is 15.9 Å². The molecule has 1 fully saturated rings. The van der Waals surface area contributed by atoms with E-state index in [9.17, 15) is 0 Å². The maximum Gasteiger partial charge on any atom is 0.0540 e. The van der Waals surface area contributed by atoms with E-state index < -0.39 is 0 Å². The van der Waals surface area contributed by atoms with Gasteiger partial charge in [-0.15, -0.1) is 0 Å². The largest absolute Gasteiger partial charge is 0.393 e. The van der Waals surface area contributed by atoms with Crippen molar-refractivity contribution in [3.05, 3.63) is 0 Å². The molecule has 0 radical (unpaired) electrons. The monoisotopic (exact) mass is 192 g/mol. The van der Waals surface area contributed by atoms with Gasteiger partial charge in [-0.3, -0.25) is 0 Å². The fraction of sp³-hybridized carbons (Fsp3) is 1.00. The fourth-order valence-electron chi connectivity index (χ4n) is 1.30. The number of hydrogen-bond donors (Lipinski definition) is 1. The van der Waals surface area contributed by atoms with Gasteiger partial charge in [0, 0.05) is 5.33 Å². The van der Waals surface area contributed by atoms with Gasteiger partial charge in [0.15, 0.2) is 0 Å². The van der Waals surface area contributed by atoms with Gasteiger partial charge in [-0.25, -0.2) is 0 Å². The van der Waals surface area contributed by atoms with E-state index in [1.807, 2.05) is 0 Å². The van der Waals surface area contributed by atoms with E-state index in [1.165, 1.54) is 12.8 Å². The molecular weight excluding hydrogens is 180 g/mol. The highest BCUT2D eigenvalue weighted by Gasteiger charge is 2.17. The summed E-state index contributed by atoms with van der Waals surface area (Å²) in [6, 6.07) is 0. The van der Waals surface area contributed by atoms with Crippen LogP contribution in [-0.2, 0) is 0 Å². The summed E-state index contributed by atoms with van der Waals surface area (Å²) in [5.41, 5.74) is 0. The Hall–Kier alpha value is 0.440. The predicted molar refractivity (Wildman–Crippen MR) is 41.8 cm³/mol. The maximum atomic E-state index is 9.11. The zero-order chi connectivity index (χ0) is 6.69. The van der Waals surface area contributed by atoms with Crippen LogP contribution in [0, 0.1) is 5.92 Å². The van der Waals surface area contributed by atoms with Crippen LogP contribution in [0.1, 0.15) is 25.7 Å². The molecule has 0 aromatic carbocycles. The molecule has 0 aromatic heterocycles. The third kappa shape index (κ3) is 2.26. The minimum absolute atomic E-state index is 0.000278. The fourth-order valence-corrected chi connectivity index (χ4v) is 1.95. The minimum Gasteiger partial charge on any atom is -0.393 e. The third-order valence-electron chi connectivity index (χ3n) is 2.03. The van der Waals surface area contributed by atoms with E-state index in [0.717, 1.165) is 24.1 Å². The molecule has 54 valence electrons. The molecule has 0 aromatic rings. The lowest BCUT2D eigenvalue weighted by molar-refractivity contribution is 0.114. The van der Waals surface area contributed by atoms with Crippen molar-refractivity contribution in [2.75, 3.05) is 5.33 Å². The van der Waals surface area contributed by atoms with E-state index in [0.29, 0.717) is 0 Å². The molecule has 0 spiro atoms. The van der Waals surface area contributed by atoms with Crippen LogP contribution in [-0.4, -0.2) is 16.5 Å². The Morgan fingerprint density at radius 3 is 2.22 bits per heavy atom. The first-order chi connectivity index (χ1) is 4.33. The van der Waals surface area contributed by atoms with E-state index in [2.05, 4.69) is 15.9 Å². The molecule has 0 saturated heterocycles. The van der Waals surface area contributed by atoms with Crippen molar-refractivity contribution < 1.29 is 5.11 Å². The van der Waals surface area contributed by atoms with E-state index >= 15 is 0 Å². The van der Waals surface area contributed by atoms with Gasteiger partial charge in [-0.05, 0) is 31.6 Å². The molecule has 1 saturated carbocycles. The topological polar surface area (TPSA) is 20.2 Å². The Bertz CT molecular complexity index is 77.0. The molecule has 0 bridgehead atoms. The average Bonchev–Trinajstić information content (AvgIpc) is 1.90. The van der Waals surface area contributed by atoms with Crippen LogP contribution in [0.2, 0.25) is 0 Å². The Morgan fingerprint density at radius 1 is 1.22 bits per heavy atom. The van der Waals surface area contributed by atoms with Gasteiger partial charge in [0.1, 0.15) is 0 Å². The standard InChI is InChI=1S/C7H13BrO/c8-5-6-1-3-7(9)4-2-6/h6-7,9H,1-5H2. The van der Waals surface area contributed by atoms with Crippen LogP contribution in [0.4, 0.5) is 0 Å². The SMILES string of the molecule is OC1CCC(CBr)CC1. The maximum absolute atomic E-state index is 9.11. The molecule has 1 nitrogen and oxygen atoms in total. The van der Waals surface area contributed by atoms with Crippen LogP contribution >= 0.6 is 15.9 Å². The highest BCUT2D eigenvalue weighted by Crippen LogP contribution is 2.25. The zero-order valence-electron chi connectivity index (χ0n) is 5.52. The lowest BCUT2D eigenvalue weighted by Gasteiger charge is -2.23. The molecule has 0 amide bonds. The molecule has 0 heterocycles. The summed E-state index contributed by atoms with van der Waals surface area (Å²) >= 11 is 3.45. The molecule has 0 aliphatic heterocycles. The number of aliphatic hydroxyl groups excluding tert-OH is 1. The van der Waals surface area contributed by atoms with Gasteiger partial charge in [-0.2, -0.15) is 0 Å². The normalized spacial score (nSPS) is 36.7. The second kappa shape index (κ2) is 3.57. The zero-order valence-corrected chi connectivity index (χ0v) is 7.10. The van der Waals surface area contributed by atoms with Gasteiger partial charge < -0.3 is 5.11 Å². The van der Waals surface area contributed by atoms with Crippen LogP contribution in [0.3, 0.4) is 0 Å². The minimum atomic E-state index is 0.000278. The first kappa shape index (κ1) is 7.55. The van der Waals surface area contributed by atoms with Crippen molar-refractivity contribution >= 4 is 15.9 Å². The Kier molecular flexibility index (Phi) is 2.99. The van der Waals surface area contributed by atoms with Gasteiger partial charge in [0.25, 0.3) is 0 Å². The van der Waals surface area contributed by atoms with Crippen molar-refractivity contribution in [2.45, 2.75) is 31.8 Å². The van der Waals surface area contributed by atoms with Gasteiger partial charge in [0.2, 0.25) is 0 Å². The highest BCUT2D eigenvalue weighted by atomic mass is 79.9. The van der Waals surface area contributed by atoms with Crippen LogP contribution < -0.4 is 0 Å². The van der Waals surface area contributed by atoms with Crippen molar-refractivity contribution in [2.24, 2.45) is 5.92 Å². The van der Waals surface area contributed by atoms with Gasteiger partial charge >= 0.3 is 0 Å². The lowest BCUT2D eigenvalue weighted by atomic mass is 9.89. The molecule has 2 heteroatoms. The molecule has 1 aliphatic rings. The molecular formula is C7H13BrO. The summed E-state index contributed by atoms with van der Waals surface area (Å²) in [6.07, 6.45) is 4.42. The molecule has 0 atom stereocenters. The predicted octanol–water partition coefficient (Wildman–Crippen LogP) is 1.93. The van der Waals surface area contributed by atoms with Crippen LogP contribution in [0.25, 0.3) is 0 Å². The summed E-state index contributed by atoms with van der Waals surface area (Å²) in [7, 11) is 0. The van der Waals surface area contributed by atoms with Crippen molar-refractivity contribution in [1.82, 2.24) is 0 Å². The highest BCUT2D eigenvalue weighted by molar-refractivity contribution is 9.09. The summed E-state index contributed by atoms with van der Waals surface area (Å²) < 4.78 is 0. The van der Waals surface area contributed by atoms with Crippen LogP contribution in [0.15, 0.2) is 0 Å². The summed E-state index contributed by atoms with van der Waals surface area (Å²) in [4.78, 5) is 0. The number of aliphatic hydroxyl groups is 1. The van der Waals surface area contributed by atoms with Crippen molar-refractivity contribution in [1.29, 1.82) is 0 Å². The Balaban J connectivity index is 2.18. The number of rotatable bonds is 1. The number of hydrogen-bond acceptors (Lipinski definition) is 1. The molecule has 0 unspecified atom stereocenters. The number of halogens is 1. The molecule has 1 N–H and O–H groups in total. The number of alkyl halides is 1. The van der Waals surface area contributed by atoms with E-state index in [4.69, 9.17) is 5.11 Å². The first-order valence-electron chi connectivity index (χ1n) is 3.57.